The number of aromatic amines is 1. The van der Waals surface area contributed by atoms with Gasteiger partial charge in [0, 0.05) is 26.5 Å². The zero-order chi connectivity index (χ0) is 16.1. The van der Waals surface area contributed by atoms with Gasteiger partial charge >= 0.3 is 0 Å². The largest absolute Gasteiger partial charge is 0.326 e. The molecule has 0 bridgehead atoms. The second kappa shape index (κ2) is 8.06. The van der Waals surface area contributed by atoms with Gasteiger partial charge in [-0.1, -0.05) is 29.3 Å². The molecule has 0 aliphatic rings. The molecular formula is C14H11BrCl2N2O2S. The summed E-state index contributed by atoms with van der Waals surface area (Å²) >= 11 is 16.5. The van der Waals surface area contributed by atoms with Crippen LogP contribution in [0.25, 0.3) is 0 Å². The zero-order valence-corrected chi connectivity index (χ0v) is 15.1. The van der Waals surface area contributed by atoms with Crippen molar-refractivity contribution < 1.29 is 4.79 Å². The number of amides is 1. The molecule has 0 saturated carbocycles. The highest BCUT2D eigenvalue weighted by atomic mass is 79.9. The molecule has 8 heteroatoms. The molecule has 0 radical (unpaired) electrons. The van der Waals surface area contributed by atoms with Crippen LogP contribution < -0.4 is 10.9 Å². The molecule has 0 saturated heterocycles. The number of rotatable bonds is 5. The van der Waals surface area contributed by atoms with Gasteiger partial charge in [-0.25, -0.2) is 0 Å². The monoisotopic (exact) mass is 420 g/mol. The Morgan fingerprint density at radius 3 is 2.82 bits per heavy atom. The number of nitrogens with one attached hydrogen (secondary N) is 2. The van der Waals surface area contributed by atoms with Crippen LogP contribution in [-0.2, 0) is 10.5 Å². The van der Waals surface area contributed by atoms with Crippen molar-refractivity contribution in [1.29, 1.82) is 0 Å². The number of hydrogen-bond donors (Lipinski definition) is 2. The van der Waals surface area contributed by atoms with E-state index in [1.165, 1.54) is 18.0 Å². The van der Waals surface area contributed by atoms with E-state index in [4.69, 9.17) is 23.2 Å². The summed E-state index contributed by atoms with van der Waals surface area (Å²) in [6.45, 7) is 0. The molecule has 0 unspecified atom stereocenters. The summed E-state index contributed by atoms with van der Waals surface area (Å²) in [5, 5.41) is 3.72. The van der Waals surface area contributed by atoms with Crippen molar-refractivity contribution in [3.8, 4) is 0 Å². The summed E-state index contributed by atoms with van der Waals surface area (Å²) in [4.78, 5) is 25.9. The van der Waals surface area contributed by atoms with Crippen LogP contribution in [0.2, 0.25) is 10.0 Å². The number of anilines is 1. The fourth-order valence-electron chi connectivity index (χ4n) is 1.63. The minimum atomic E-state index is -0.345. The molecule has 116 valence electrons. The summed E-state index contributed by atoms with van der Waals surface area (Å²) in [5.74, 6) is 0.544. The lowest BCUT2D eigenvalue weighted by Gasteiger charge is -2.06. The number of thioether (sulfide) groups is 1. The number of H-pyrrole nitrogens is 1. The smallest absolute Gasteiger partial charge is 0.271 e. The fourth-order valence-corrected chi connectivity index (χ4v) is 3.36. The first-order valence-corrected chi connectivity index (χ1v) is 8.86. The van der Waals surface area contributed by atoms with Crippen molar-refractivity contribution in [2.45, 2.75) is 5.75 Å². The Labute approximate surface area is 149 Å². The summed E-state index contributed by atoms with van der Waals surface area (Å²) in [6.07, 6.45) is 1.51. The fraction of sp³-hybridized carbons (Fsp3) is 0.143. The average Bonchev–Trinajstić information content (AvgIpc) is 2.45. The van der Waals surface area contributed by atoms with Gasteiger partial charge in [-0.05, 0) is 39.7 Å². The molecule has 0 spiro atoms. The van der Waals surface area contributed by atoms with Crippen LogP contribution in [0.1, 0.15) is 5.56 Å². The maximum atomic E-state index is 11.9. The number of carbonyl (C=O) groups excluding carboxylic acids is 1. The molecule has 2 aromatic rings. The highest BCUT2D eigenvalue weighted by Gasteiger charge is 2.08. The third kappa shape index (κ3) is 5.05. The minimum absolute atomic E-state index is 0.213. The molecule has 2 rings (SSSR count). The van der Waals surface area contributed by atoms with E-state index in [0.29, 0.717) is 20.3 Å². The first-order chi connectivity index (χ1) is 10.5. The van der Waals surface area contributed by atoms with Crippen molar-refractivity contribution in [3.05, 3.63) is 60.9 Å². The van der Waals surface area contributed by atoms with Gasteiger partial charge in [-0.3, -0.25) is 9.59 Å². The molecule has 1 aromatic heterocycles. The van der Waals surface area contributed by atoms with E-state index < -0.39 is 0 Å². The summed E-state index contributed by atoms with van der Waals surface area (Å²) in [7, 11) is 0. The first-order valence-electron chi connectivity index (χ1n) is 6.15. The van der Waals surface area contributed by atoms with Crippen LogP contribution in [0, 0.1) is 0 Å². The first kappa shape index (κ1) is 17.4. The van der Waals surface area contributed by atoms with Gasteiger partial charge in [0.25, 0.3) is 5.56 Å². The van der Waals surface area contributed by atoms with Gasteiger partial charge in [-0.15, -0.1) is 11.8 Å². The van der Waals surface area contributed by atoms with Crippen LogP contribution in [0.3, 0.4) is 0 Å². The molecule has 1 amide bonds. The number of pyridine rings is 1. The Balaban J connectivity index is 1.88. The lowest BCUT2D eigenvalue weighted by molar-refractivity contribution is -0.113. The SMILES string of the molecule is O=C(CSCc1ccc(Cl)cc1Cl)Nc1cc(Br)c[nH]c1=O. The number of halogens is 3. The lowest BCUT2D eigenvalue weighted by Crippen LogP contribution is -2.21. The summed E-state index contributed by atoms with van der Waals surface area (Å²) in [6, 6.07) is 6.80. The number of carbonyl (C=O) groups is 1. The van der Waals surface area contributed by atoms with Gasteiger partial charge in [0.15, 0.2) is 0 Å². The van der Waals surface area contributed by atoms with Crippen LogP contribution >= 0.6 is 50.9 Å². The lowest BCUT2D eigenvalue weighted by atomic mass is 10.2. The van der Waals surface area contributed by atoms with Gasteiger partial charge < -0.3 is 10.3 Å². The minimum Gasteiger partial charge on any atom is -0.326 e. The van der Waals surface area contributed by atoms with E-state index in [9.17, 15) is 9.59 Å². The predicted molar refractivity (Wildman–Crippen MR) is 96.0 cm³/mol. The third-order valence-corrected chi connectivity index (χ3v) is 4.67. The maximum Gasteiger partial charge on any atom is 0.271 e. The third-order valence-electron chi connectivity index (χ3n) is 2.65. The van der Waals surface area contributed by atoms with Crippen molar-refractivity contribution >= 4 is 62.5 Å². The second-order valence-electron chi connectivity index (χ2n) is 4.34. The van der Waals surface area contributed by atoms with Gasteiger partial charge in [0.2, 0.25) is 5.91 Å². The molecule has 0 aliphatic heterocycles. The molecule has 0 atom stereocenters. The van der Waals surface area contributed by atoms with Crippen molar-refractivity contribution in [2.24, 2.45) is 0 Å². The normalized spacial score (nSPS) is 10.5. The van der Waals surface area contributed by atoms with Gasteiger partial charge in [0.1, 0.15) is 5.69 Å². The van der Waals surface area contributed by atoms with E-state index >= 15 is 0 Å². The standard InChI is InChI=1S/C14H11BrCl2N2O2S/c15-9-3-12(14(21)18-5-9)19-13(20)7-22-6-8-1-2-10(16)4-11(8)17/h1-5H,6-7H2,(H,18,21)(H,19,20). The number of benzene rings is 1. The van der Waals surface area contributed by atoms with Crippen LogP contribution in [0.4, 0.5) is 5.69 Å². The number of aromatic nitrogens is 1. The molecule has 22 heavy (non-hydrogen) atoms. The predicted octanol–water partition coefficient (Wildman–Crippen LogP) is 4.32. The molecular weight excluding hydrogens is 411 g/mol. The Kier molecular flexibility index (Phi) is 6.37. The Morgan fingerprint density at radius 2 is 2.09 bits per heavy atom. The van der Waals surface area contributed by atoms with E-state index in [2.05, 4.69) is 26.2 Å². The highest BCUT2D eigenvalue weighted by Crippen LogP contribution is 2.24. The van der Waals surface area contributed by atoms with Crippen LogP contribution in [0.5, 0.6) is 0 Å². The highest BCUT2D eigenvalue weighted by molar-refractivity contribution is 9.10. The Morgan fingerprint density at radius 1 is 1.32 bits per heavy atom. The van der Waals surface area contributed by atoms with Gasteiger partial charge in [-0.2, -0.15) is 0 Å². The quantitative estimate of drug-likeness (QED) is 0.755. The van der Waals surface area contributed by atoms with Crippen molar-refractivity contribution in [3.63, 3.8) is 0 Å². The van der Waals surface area contributed by atoms with Crippen LogP contribution in [0.15, 0.2) is 39.7 Å². The van der Waals surface area contributed by atoms with E-state index in [1.807, 2.05) is 6.07 Å². The molecule has 4 nitrogen and oxygen atoms in total. The van der Waals surface area contributed by atoms with Crippen LogP contribution in [-0.4, -0.2) is 16.6 Å². The zero-order valence-electron chi connectivity index (χ0n) is 11.2. The molecule has 2 N–H and O–H groups in total. The average molecular weight is 422 g/mol. The van der Waals surface area contributed by atoms with E-state index in [1.54, 1.807) is 18.2 Å². The second-order valence-corrected chi connectivity index (χ2v) is 7.08. The van der Waals surface area contributed by atoms with E-state index in [-0.39, 0.29) is 22.9 Å². The van der Waals surface area contributed by atoms with Gasteiger partial charge in [0.05, 0.1) is 5.75 Å². The topological polar surface area (TPSA) is 62.0 Å². The molecule has 1 aromatic carbocycles. The Hall–Kier alpha value is -0.950. The molecule has 1 heterocycles. The summed E-state index contributed by atoms with van der Waals surface area (Å²) < 4.78 is 0.683. The Bertz CT molecular complexity index is 752. The molecule has 0 fully saturated rings. The maximum absolute atomic E-state index is 11.9. The summed E-state index contributed by atoms with van der Waals surface area (Å²) in [5.41, 5.74) is 0.774. The molecule has 0 aliphatic carbocycles. The van der Waals surface area contributed by atoms with Crippen molar-refractivity contribution in [1.82, 2.24) is 4.98 Å². The number of hydrogen-bond acceptors (Lipinski definition) is 3. The van der Waals surface area contributed by atoms with E-state index in [0.717, 1.165) is 5.56 Å². The van der Waals surface area contributed by atoms with Crippen molar-refractivity contribution in [2.75, 3.05) is 11.1 Å².